The Morgan fingerprint density at radius 1 is 1.28 bits per heavy atom. The first-order chi connectivity index (χ1) is 18.6. The highest BCUT2D eigenvalue weighted by Crippen LogP contribution is 2.33. The SMILES string of the molecule is Cc1ncsc1-c1ccc([C@H](C)NC(=O)[C@@H]2C[C@@H](O)CN2C(=O)[C@@H](c2cc(N(C)CC=O)no2)C(C)C)cc1. The number of aryl methyl sites for hydroxylation is 1. The number of anilines is 1. The van der Waals surface area contributed by atoms with Gasteiger partial charge in [-0.2, -0.15) is 0 Å². The van der Waals surface area contributed by atoms with Gasteiger partial charge >= 0.3 is 0 Å². The first-order valence-electron chi connectivity index (χ1n) is 13.0. The number of thiazole rings is 1. The fraction of sp³-hybridized carbons (Fsp3) is 0.464. The van der Waals surface area contributed by atoms with Crippen molar-refractivity contribution in [2.45, 2.75) is 58.2 Å². The molecule has 4 rings (SSSR count). The summed E-state index contributed by atoms with van der Waals surface area (Å²) in [5.74, 6) is -0.683. The number of β-amino-alcohol motifs (C(OH)–C–C–N with tert-alkyl or cyclic N) is 1. The summed E-state index contributed by atoms with van der Waals surface area (Å²) >= 11 is 1.59. The number of benzene rings is 1. The van der Waals surface area contributed by atoms with Gasteiger partial charge in [-0.3, -0.25) is 9.59 Å². The van der Waals surface area contributed by atoms with E-state index >= 15 is 0 Å². The van der Waals surface area contributed by atoms with Crippen LogP contribution in [-0.4, -0.2) is 70.5 Å². The van der Waals surface area contributed by atoms with E-state index in [1.165, 1.54) is 4.90 Å². The molecule has 3 heterocycles. The van der Waals surface area contributed by atoms with Gasteiger partial charge in [0, 0.05) is 26.1 Å². The predicted octanol–water partition coefficient (Wildman–Crippen LogP) is 3.32. The second-order valence-electron chi connectivity index (χ2n) is 10.4. The Labute approximate surface area is 232 Å². The van der Waals surface area contributed by atoms with E-state index in [9.17, 15) is 19.5 Å². The standard InChI is InChI=1S/C28H35N5O5S/c1-16(2)25(23-13-24(31-38-23)32(5)10-11-34)28(37)33-14-21(35)12-22(33)27(36)30-17(3)19-6-8-20(9-7-19)26-18(4)29-15-39-26/h6-9,11,13,15-17,21-22,25,35H,10,12,14H2,1-5H3,(H,30,36)/t17-,21+,22-,25+/m0/s1. The monoisotopic (exact) mass is 553 g/mol. The Balaban J connectivity index is 1.48. The number of amides is 2. The highest BCUT2D eigenvalue weighted by Gasteiger charge is 2.43. The zero-order chi connectivity index (χ0) is 28.3. The van der Waals surface area contributed by atoms with Crippen LogP contribution >= 0.6 is 11.3 Å². The van der Waals surface area contributed by atoms with Crippen LogP contribution in [0.4, 0.5) is 5.82 Å². The molecule has 0 radical (unpaired) electrons. The van der Waals surface area contributed by atoms with Gasteiger partial charge in [0.25, 0.3) is 0 Å². The van der Waals surface area contributed by atoms with Gasteiger partial charge in [-0.1, -0.05) is 43.3 Å². The first-order valence-corrected chi connectivity index (χ1v) is 13.9. The average Bonchev–Trinajstić information content (AvgIpc) is 3.64. The molecule has 39 heavy (non-hydrogen) atoms. The maximum atomic E-state index is 13.8. The summed E-state index contributed by atoms with van der Waals surface area (Å²) in [5.41, 5.74) is 4.80. The molecule has 11 heteroatoms. The molecule has 1 aliphatic rings. The minimum absolute atomic E-state index is 0.0590. The van der Waals surface area contributed by atoms with E-state index in [0.717, 1.165) is 28.0 Å². The van der Waals surface area contributed by atoms with Gasteiger partial charge in [-0.25, -0.2) is 4.98 Å². The van der Waals surface area contributed by atoms with E-state index < -0.39 is 18.1 Å². The Hall–Kier alpha value is -3.57. The largest absolute Gasteiger partial charge is 0.391 e. The van der Waals surface area contributed by atoms with Crippen LogP contribution < -0.4 is 10.2 Å². The van der Waals surface area contributed by atoms with Crippen molar-refractivity contribution in [2.24, 2.45) is 5.92 Å². The van der Waals surface area contributed by atoms with E-state index in [0.29, 0.717) is 11.6 Å². The molecule has 208 valence electrons. The fourth-order valence-electron chi connectivity index (χ4n) is 4.93. The minimum Gasteiger partial charge on any atom is -0.391 e. The van der Waals surface area contributed by atoms with E-state index in [-0.39, 0.29) is 43.3 Å². The summed E-state index contributed by atoms with van der Waals surface area (Å²) in [4.78, 5) is 46.5. The quantitative estimate of drug-likeness (QED) is 0.366. The van der Waals surface area contributed by atoms with Crippen LogP contribution in [0.25, 0.3) is 10.4 Å². The van der Waals surface area contributed by atoms with E-state index in [1.807, 2.05) is 57.5 Å². The first kappa shape index (κ1) is 28.4. The molecular formula is C28H35N5O5S. The van der Waals surface area contributed by atoms with Gasteiger partial charge in [0.15, 0.2) is 11.6 Å². The Morgan fingerprint density at radius 3 is 2.62 bits per heavy atom. The van der Waals surface area contributed by atoms with Crippen LogP contribution in [0.1, 0.15) is 56.2 Å². The Kier molecular flexibility index (Phi) is 8.81. The lowest BCUT2D eigenvalue weighted by Crippen LogP contribution is -2.48. The molecule has 1 saturated heterocycles. The molecule has 10 nitrogen and oxygen atoms in total. The molecule has 0 unspecified atom stereocenters. The number of carbonyl (C=O) groups is 3. The molecule has 0 saturated carbocycles. The second-order valence-corrected chi connectivity index (χ2v) is 11.2. The van der Waals surface area contributed by atoms with Crippen LogP contribution in [0, 0.1) is 12.8 Å². The summed E-state index contributed by atoms with van der Waals surface area (Å²) in [6, 6.07) is 8.52. The van der Waals surface area contributed by atoms with Gasteiger partial charge < -0.3 is 29.5 Å². The third-order valence-corrected chi connectivity index (χ3v) is 8.11. The molecule has 1 aliphatic heterocycles. The van der Waals surface area contributed by atoms with Crippen molar-refractivity contribution in [3.8, 4) is 10.4 Å². The fourth-order valence-corrected chi connectivity index (χ4v) is 5.74. The van der Waals surface area contributed by atoms with Gasteiger partial charge in [0.2, 0.25) is 11.8 Å². The van der Waals surface area contributed by atoms with Crippen molar-refractivity contribution in [1.82, 2.24) is 20.4 Å². The zero-order valence-corrected chi connectivity index (χ0v) is 23.6. The molecule has 2 N–H and O–H groups in total. The number of nitrogens with one attached hydrogen (secondary N) is 1. The lowest BCUT2D eigenvalue weighted by Gasteiger charge is -2.29. The van der Waals surface area contributed by atoms with Gasteiger partial charge in [0.05, 0.1) is 34.8 Å². The summed E-state index contributed by atoms with van der Waals surface area (Å²) < 4.78 is 5.50. The second kappa shape index (κ2) is 12.1. The number of carbonyl (C=O) groups excluding carboxylic acids is 3. The van der Waals surface area contributed by atoms with Crippen molar-refractivity contribution < 1.29 is 24.0 Å². The maximum Gasteiger partial charge on any atom is 0.243 e. The smallest absolute Gasteiger partial charge is 0.243 e. The number of rotatable bonds is 10. The van der Waals surface area contributed by atoms with Crippen molar-refractivity contribution in [1.29, 1.82) is 0 Å². The third kappa shape index (κ3) is 6.20. The van der Waals surface area contributed by atoms with Crippen molar-refractivity contribution in [3.63, 3.8) is 0 Å². The van der Waals surface area contributed by atoms with Crippen LogP contribution in [0.15, 0.2) is 40.4 Å². The summed E-state index contributed by atoms with van der Waals surface area (Å²) in [5, 5.41) is 17.5. The van der Waals surface area contributed by atoms with Gasteiger partial charge in [-0.05, 0) is 30.9 Å². The van der Waals surface area contributed by atoms with E-state index in [4.69, 9.17) is 4.52 Å². The van der Waals surface area contributed by atoms with E-state index in [1.54, 1.807) is 29.4 Å². The average molecular weight is 554 g/mol. The molecule has 0 spiro atoms. The lowest BCUT2D eigenvalue weighted by atomic mass is 9.91. The van der Waals surface area contributed by atoms with Crippen LogP contribution in [-0.2, 0) is 14.4 Å². The lowest BCUT2D eigenvalue weighted by molar-refractivity contribution is -0.141. The molecule has 2 amide bonds. The summed E-state index contributed by atoms with van der Waals surface area (Å²) in [7, 11) is 1.70. The summed E-state index contributed by atoms with van der Waals surface area (Å²) in [6.07, 6.45) is 0.104. The minimum atomic E-state index is -0.810. The van der Waals surface area contributed by atoms with Crippen LogP contribution in [0.2, 0.25) is 0 Å². The van der Waals surface area contributed by atoms with Gasteiger partial charge in [-0.15, -0.1) is 11.3 Å². The summed E-state index contributed by atoms with van der Waals surface area (Å²) in [6.45, 7) is 7.85. The highest BCUT2D eigenvalue weighted by molar-refractivity contribution is 7.13. The van der Waals surface area contributed by atoms with Crippen molar-refractivity contribution in [3.05, 3.63) is 52.9 Å². The molecule has 1 fully saturated rings. The molecule has 4 atom stereocenters. The molecule has 1 aromatic carbocycles. The topological polar surface area (TPSA) is 129 Å². The molecule has 0 aliphatic carbocycles. The van der Waals surface area contributed by atoms with Gasteiger partial charge in [0.1, 0.15) is 18.2 Å². The zero-order valence-electron chi connectivity index (χ0n) is 22.8. The molecule has 2 aromatic heterocycles. The van der Waals surface area contributed by atoms with Crippen molar-refractivity contribution in [2.75, 3.05) is 25.0 Å². The number of nitrogens with zero attached hydrogens (tertiary/aromatic N) is 4. The predicted molar refractivity (Wildman–Crippen MR) is 148 cm³/mol. The highest BCUT2D eigenvalue weighted by atomic mass is 32.1. The number of aliphatic hydroxyl groups is 1. The number of aliphatic hydroxyl groups excluding tert-OH is 1. The van der Waals surface area contributed by atoms with E-state index in [2.05, 4.69) is 15.5 Å². The Bertz CT molecular complexity index is 1300. The van der Waals surface area contributed by atoms with Crippen molar-refractivity contribution >= 4 is 35.3 Å². The Morgan fingerprint density at radius 2 is 2.00 bits per heavy atom. The normalized spacial score (nSPS) is 18.7. The third-order valence-electron chi connectivity index (χ3n) is 7.14. The number of aldehydes is 1. The molecule has 3 aromatic rings. The van der Waals surface area contributed by atoms with Crippen LogP contribution in [0.3, 0.4) is 0 Å². The number of hydrogen-bond acceptors (Lipinski definition) is 9. The number of likely N-dealkylation sites (N-methyl/N-ethyl adjacent to an activating group) is 1. The van der Waals surface area contributed by atoms with Crippen LogP contribution in [0.5, 0.6) is 0 Å². The molecule has 0 bridgehead atoms. The molecular weight excluding hydrogens is 518 g/mol. The number of likely N-dealkylation sites (tertiary alicyclic amines) is 1. The number of hydrogen-bond donors (Lipinski definition) is 2. The number of aromatic nitrogens is 2. The maximum absolute atomic E-state index is 13.8.